The number of carboxylic acids is 1. The van der Waals surface area contributed by atoms with Gasteiger partial charge in [-0.15, -0.1) is 0 Å². The van der Waals surface area contributed by atoms with Gasteiger partial charge in [0.1, 0.15) is 0 Å². The molecule has 2 rings (SSSR count). The third kappa shape index (κ3) is 3.07. The van der Waals surface area contributed by atoms with Crippen LogP contribution in [-0.2, 0) is 9.59 Å². The molecule has 1 aromatic heterocycles. The van der Waals surface area contributed by atoms with Gasteiger partial charge in [0.05, 0.1) is 5.92 Å². The van der Waals surface area contributed by atoms with Crippen molar-refractivity contribution in [2.75, 3.05) is 4.90 Å². The van der Waals surface area contributed by atoms with Crippen LogP contribution in [0.2, 0.25) is 0 Å². The van der Waals surface area contributed by atoms with Gasteiger partial charge in [0.15, 0.2) is 0 Å². The van der Waals surface area contributed by atoms with Gasteiger partial charge in [0.25, 0.3) is 0 Å². The smallest absolute Gasteiger partial charge is 0.306 e. The number of carboxylic acid groups (broad SMARTS) is 1. The highest BCUT2D eigenvalue weighted by Gasteiger charge is 2.33. The minimum absolute atomic E-state index is 0.130. The molecular weight excluding hydrogens is 246 g/mol. The Balaban J connectivity index is 2.20. The zero-order valence-electron chi connectivity index (χ0n) is 10.8. The Labute approximate surface area is 111 Å². The third-order valence-electron chi connectivity index (χ3n) is 3.47. The lowest BCUT2D eigenvalue weighted by atomic mass is 9.85. The van der Waals surface area contributed by atoms with Crippen molar-refractivity contribution in [1.82, 2.24) is 9.97 Å². The highest BCUT2D eigenvalue weighted by Crippen LogP contribution is 2.29. The Morgan fingerprint density at radius 3 is 2.58 bits per heavy atom. The zero-order valence-corrected chi connectivity index (χ0v) is 10.8. The Morgan fingerprint density at radius 1 is 1.32 bits per heavy atom. The van der Waals surface area contributed by atoms with Crippen molar-refractivity contribution in [2.24, 2.45) is 5.92 Å². The van der Waals surface area contributed by atoms with Gasteiger partial charge in [-0.05, 0) is 25.3 Å². The van der Waals surface area contributed by atoms with E-state index < -0.39 is 5.97 Å². The van der Waals surface area contributed by atoms with Crippen molar-refractivity contribution in [3.8, 4) is 0 Å². The minimum atomic E-state index is -0.790. The quantitative estimate of drug-likeness (QED) is 0.892. The van der Waals surface area contributed by atoms with E-state index in [1.165, 1.54) is 11.8 Å². The first kappa shape index (κ1) is 13.5. The summed E-state index contributed by atoms with van der Waals surface area (Å²) in [5.41, 5.74) is 0. The standard InChI is InChI=1S/C13H17N3O3/c1-9(17)16(13-14-6-3-7-15-13)11-5-2-4-10(8-11)12(18)19/h3,6-7,10-11H,2,4-5,8H2,1H3,(H,18,19)/t10-,11+/m1/s1. The molecule has 0 radical (unpaired) electrons. The van der Waals surface area contributed by atoms with Gasteiger partial charge in [-0.3, -0.25) is 14.5 Å². The van der Waals surface area contributed by atoms with E-state index in [9.17, 15) is 9.59 Å². The average Bonchev–Trinajstić information content (AvgIpc) is 2.40. The Bertz CT molecular complexity index is 463. The van der Waals surface area contributed by atoms with Crippen molar-refractivity contribution in [3.63, 3.8) is 0 Å². The van der Waals surface area contributed by atoms with Crippen LogP contribution >= 0.6 is 0 Å². The van der Waals surface area contributed by atoms with E-state index in [0.29, 0.717) is 18.8 Å². The summed E-state index contributed by atoms with van der Waals surface area (Å²) in [6.45, 7) is 1.46. The molecule has 1 fully saturated rings. The van der Waals surface area contributed by atoms with E-state index in [0.717, 1.165) is 12.8 Å². The predicted molar refractivity (Wildman–Crippen MR) is 68.6 cm³/mol. The molecule has 1 aliphatic rings. The molecule has 1 aliphatic carbocycles. The normalized spacial score (nSPS) is 22.8. The number of anilines is 1. The fraction of sp³-hybridized carbons (Fsp3) is 0.538. The van der Waals surface area contributed by atoms with Crippen LogP contribution in [0.1, 0.15) is 32.6 Å². The van der Waals surface area contributed by atoms with E-state index in [1.807, 2.05) is 0 Å². The summed E-state index contributed by atoms with van der Waals surface area (Å²) >= 11 is 0. The molecule has 1 heterocycles. The van der Waals surface area contributed by atoms with Crippen LogP contribution in [0.15, 0.2) is 18.5 Å². The lowest BCUT2D eigenvalue weighted by Crippen LogP contribution is -2.44. The molecule has 6 nitrogen and oxygen atoms in total. The summed E-state index contributed by atoms with van der Waals surface area (Å²) in [5.74, 6) is -0.972. The molecule has 2 atom stereocenters. The summed E-state index contributed by atoms with van der Waals surface area (Å²) < 4.78 is 0. The second kappa shape index (κ2) is 5.77. The van der Waals surface area contributed by atoms with Gasteiger partial charge in [0, 0.05) is 25.4 Å². The number of aromatic nitrogens is 2. The fourth-order valence-electron chi connectivity index (χ4n) is 2.60. The molecule has 1 N–H and O–H groups in total. The van der Waals surface area contributed by atoms with Gasteiger partial charge in [0.2, 0.25) is 11.9 Å². The van der Waals surface area contributed by atoms with E-state index in [1.54, 1.807) is 18.5 Å². The first-order chi connectivity index (χ1) is 9.09. The summed E-state index contributed by atoms with van der Waals surface area (Å²) in [6.07, 6.45) is 5.89. The minimum Gasteiger partial charge on any atom is -0.481 e. The number of rotatable bonds is 3. The number of hydrogen-bond acceptors (Lipinski definition) is 4. The van der Waals surface area contributed by atoms with Gasteiger partial charge >= 0.3 is 5.97 Å². The van der Waals surface area contributed by atoms with Crippen LogP contribution in [0.25, 0.3) is 0 Å². The van der Waals surface area contributed by atoms with Crippen LogP contribution < -0.4 is 4.90 Å². The number of hydrogen-bond donors (Lipinski definition) is 1. The Hall–Kier alpha value is -1.98. The first-order valence-electron chi connectivity index (χ1n) is 6.39. The van der Waals surface area contributed by atoms with Gasteiger partial charge in [-0.1, -0.05) is 6.42 Å². The molecule has 6 heteroatoms. The number of amides is 1. The molecule has 0 bridgehead atoms. The predicted octanol–water partition coefficient (Wildman–Crippen LogP) is 1.47. The molecule has 1 saturated carbocycles. The molecule has 1 amide bonds. The van der Waals surface area contributed by atoms with Crippen molar-refractivity contribution < 1.29 is 14.7 Å². The molecule has 1 aromatic rings. The summed E-state index contributed by atoms with van der Waals surface area (Å²) in [5, 5.41) is 9.11. The summed E-state index contributed by atoms with van der Waals surface area (Å²) in [7, 11) is 0. The number of nitrogens with zero attached hydrogens (tertiary/aromatic N) is 3. The Kier molecular flexibility index (Phi) is 4.09. The van der Waals surface area contributed by atoms with Crippen molar-refractivity contribution in [2.45, 2.75) is 38.6 Å². The maximum Gasteiger partial charge on any atom is 0.306 e. The summed E-state index contributed by atoms with van der Waals surface area (Å²) in [6, 6.07) is 1.55. The molecule has 19 heavy (non-hydrogen) atoms. The third-order valence-corrected chi connectivity index (χ3v) is 3.47. The second-order valence-corrected chi connectivity index (χ2v) is 4.79. The van der Waals surface area contributed by atoms with E-state index in [2.05, 4.69) is 9.97 Å². The van der Waals surface area contributed by atoms with Crippen LogP contribution in [0.5, 0.6) is 0 Å². The zero-order chi connectivity index (χ0) is 13.8. The van der Waals surface area contributed by atoms with Crippen molar-refractivity contribution >= 4 is 17.8 Å². The Morgan fingerprint density at radius 2 is 2.00 bits per heavy atom. The monoisotopic (exact) mass is 263 g/mol. The molecule has 0 spiro atoms. The fourth-order valence-corrected chi connectivity index (χ4v) is 2.60. The SMILES string of the molecule is CC(=O)N(c1ncccn1)[C@H]1CCC[C@@H](C(=O)O)C1. The number of carbonyl (C=O) groups excluding carboxylic acids is 1. The summed E-state index contributed by atoms with van der Waals surface area (Å²) in [4.78, 5) is 32.6. The van der Waals surface area contributed by atoms with E-state index in [4.69, 9.17) is 5.11 Å². The van der Waals surface area contributed by atoms with E-state index >= 15 is 0 Å². The topological polar surface area (TPSA) is 83.4 Å². The van der Waals surface area contributed by atoms with Crippen LogP contribution in [-0.4, -0.2) is 33.0 Å². The molecule has 0 saturated heterocycles. The largest absolute Gasteiger partial charge is 0.481 e. The lowest BCUT2D eigenvalue weighted by Gasteiger charge is -2.34. The molecule has 0 aliphatic heterocycles. The molecule has 102 valence electrons. The van der Waals surface area contributed by atoms with Crippen LogP contribution in [0, 0.1) is 5.92 Å². The number of aliphatic carboxylic acids is 1. The van der Waals surface area contributed by atoms with E-state index in [-0.39, 0.29) is 17.9 Å². The highest BCUT2D eigenvalue weighted by atomic mass is 16.4. The van der Waals surface area contributed by atoms with Gasteiger partial charge in [-0.2, -0.15) is 0 Å². The van der Waals surface area contributed by atoms with Gasteiger partial charge in [-0.25, -0.2) is 9.97 Å². The molecule has 0 aromatic carbocycles. The number of carbonyl (C=O) groups is 2. The first-order valence-corrected chi connectivity index (χ1v) is 6.39. The van der Waals surface area contributed by atoms with Crippen LogP contribution in [0.3, 0.4) is 0 Å². The van der Waals surface area contributed by atoms with Crippen LogP contribution in [0.4, 0.5) is 5.95 Å². The second-order valence-electron chi connectivity index (χ2n) is 4.79. The van der Waals surface area contributed by atoms with Crippen molar-refractivity contribution in [3.05, 3.63) is 18.5 Å². The lowest BCUT2D eigenvalue weighted by molar-refractivity contribution is -0.143. The molecular formula is C13H17N3O3. The molecule has 0 unspecified atom stereocenters. The van der Waals surface area contributed by atoms with Gasteiger partial charge < -0.3 is 5.11 Å². The van der Waals surface area contributed by atoms with Crippen molar-refractivity contribution in [1.29, 1.82) is 0 Å². The average molecular weight is 263 g/mol. The maximum atomic E-state index is 11.8. The maximum absolute atomic E-state index is 11.8. The highest BCUT2D eigenvalue weighted by molar-refractivity contribution is 5.90.